The van der Waals surface area contributed by atoms with Gasteiger partial charge in [0.15, 0.2) is 0 Å². The summed E-state index contributed by atoms with van der Waals surface area (Å²) in [6.45, 7) is 0.0617. The first-order chi connectivity index (χ1) is 14.9. The van der Waals surface area contributed by atoms with Crippen molar-refractivity contribution in [2.24, 2.45) is 0 Å². The Hall–Kier alpha value is -3.37. The van der Waals surface area contributed by atoms with Crippen LogP contribution in [-0.4, -0.2) is 45.7 Å². The smallest absolute Gasteiger partial charge is 0.273 e. The second-order valence-electron chi connectivity index (χ2n) is 6.34. The molecule has 160 valence electrons. The minimum Gasteiger partial charge on any atom is -0.507 e. The highest BCUT2D eigenvalue weighted by Crippen LogP contribution is 2.34. The van der Waals surface area contributed by atoms with Gasteiger partial charge in [0.2, 0.25) is 5.91 Å². The summed E-state index contributed by atoms with van der Waals surface area (Å²) in [5, 5.41) is 9.67. The van der Waals surface area contributed by atoms with Crippen molar-refractivity contribution in [2.45, 2.75) is 6.42 Å². The van der Waals surface area contributed by atoms with E-state index in [-0.39, 0.29) is 30.2 Å². The number of rotatable bonds is 6. The van der Waals surface area contributed by atoms with Crippen LogP contribution in [-0.2, 0) is 9.59 Å². The van der Waals surface area contributed by atoms with Crippen LogP contribution in [0.2, 0.25) is 0 Å². The van der Waals surface area contributed by atoms with E-state index in [0.717, 1.165) is 17.3 Å². The van der Waals surface area contributed by atoms with Crippen molar-refractivity contribution in [3.8, 4) is 11.5 Å². The van der Waals surface area contributed by atoms with E-state index in [2.05, 4.69) is 10.9 Å². The van der Waals surface area contributed by atoms with E-state index in [9.17, 15) is 19.5 Å². The molecule has 3 amide bonds. The number of nitrogens with one attached hydrogen (secondary N) is 2. The summed E-state index contributed by atoms with van der Waals surface area (Å²) in [7, 11) is 1.55. The SMILES string of the molecule is COc1ccccc1/C=C1/SC(=S)N(CCC(=O)NNC(=O)c2ccccc2O)C1=O. The van der Waals surface area contributed by atoms with Gasteiger partial charge in [-0.2, -0.15) is 0 Å². The van der Waals surface area contributed by atoms with E-state index in [1.54, 1.807) is 31.4 Å². The number of phenolic OH excluding ortho intramolecular Hbond substituents is 1. The summed E-state index contributed by atoms with van der Waals surface area (Å²) in [6, 6.07) is 13.2. The number of phenols is 1. The van der Waals surface area contributed by atoms with Crippen molar-refractivity contribution >= 4 is 52.1 Å². The van der Waals surface area contributed by atoms with Crippen molar-refractivity contribution in [1.29, 1.82) is 0 Å². The molecule has 1 aliphatic rings. The third-order valence-corrected chi connectivity index (χ3v) is 5.70. The van der Waals surface area contributed by atoms with E-state index in [1.165, 1.54) is 17.0 Å². The lowest BCUT2D eigenvalue weighted by Crippen LogP contribution is -2.43. The Morgan fingerprint density at radius 3 is 2.61 bits per heavy atom. The van der Waals surface area contributed by atoms with E-state index in [4.69, 9.17) is 17.0 Å². The van der Waals surface area contributed by atoms with Crippen LogP contribution in [0.1, 0.15) is 22.3 Å². The fraction of sp³-hybridized carbons (Fsp3) is 0.143. The normalized spacial score (nSPS) is 14.6. The molecule has 1 aliphatic heterocycles. The number of para-hydroxylation sites is 2. The molecule has 0 aliphatic carbocycles. The number of hydrazine groups is 1. The molecule has 0 atom stereocenters. The molecule has 0 radical (unpaired) electrons. The van der Waals surface area contributed by atoms with Gasteiger partial charge in [0, 0.05) is 18.5 Å². The van der Waals surface area contributed by atoms with Crippen molar-refractivity contribution in [1.82, 2.24) is 15.8 Å². The van der Waals surface area contributed by atoms with Gasteiger partial charge >= 0.3 is 0 Å². The van der Waals surface area contributed by atoms with Crippen LogP contribution in [0, 0.1) is 0 Å². The maximum Gasteiger partial charge on any atom is 0.273 e. The number of carbonyl (C=O) groups is 3. The summed E-state index contributed by atoms with van der Waals surface area (Å²) < 4.78 is 5.64. The van der Waals surface area contributed by atoms with Gasteiger partial charge in [-0.1, -0.05) is 54.3 Å². The highest BCUT2D eigenvalue weighted by atomic mass is 32.2. The first kappa shape index (κ1) is 22.3. The van der Waals surface area contributed by atoms with Gasteiger partial charge in [0.05, 0.1) is 17.6 Å². The number of hydrogen-bond donors (Lipinski definition) is 3. The predicted octanol–water partition coefficient (Wildman–Crippen LogP) is 2.45. The highest BCUT2D eigenvalue weighted by molar-refractivity contribution is 8.26. The Morgan fingerprint density at radius 1 is 1.16 bits per heavy atom. The summed E-state index contributed by atoms with van der Waals surface area (Å²) in [5.41, 5.74) is 5.26. The number of ether oxygens (including phenoxy) is 1. The quantitative estimate of drug-likeness (QED) is 0.347. The number of benzene rings is 2. The maximum atomic E-state index is 12.7. The molecule has 3 rings (SSSR count). The largest absolute Gasteiger partial charge is 0.507 e. The number of nitrogens with zero attached hydrogens (tertiary/aromatic N) is 1. The van der Waals surface area contributed by atoms with Gasteiger partial charge in [-0.15, -0.1) is 0 Å². The van der Waals surface area contributed by atoms with Crippen LogP contribution in [0.15, 0.2) is 53.4 Å². The molecule has 8 nitrogen and oxygen atoms in total. The molecule has 31 heavy (non-hydrogen) atoms. The summed E-state index contributed by atoms with van der Waals surface area (Å²) in [6.07, 6.45) is 1.63. The molecule has 3 N–H and O–H groups in total. The van der Waals surface area contributed by atoms with Crippen LogP contribution >= 0.6 is 24.0 Å². The average Bonchev–Trinajstić information content (AvgIpc) is 3.03. The molecular weight excluding hydrogens is 438 g/mol. The Labute approximate surface area is 188 Å². The zero-order valence-corrected chi connectivity index (χ0v) is 18.1. The third kappa shape index (κ3) is 5.41. The number of amides is 3. The lowest BCUT2D eigenvalue weighted by Gasteiger charge is -2.14. The minimum absolute atomic E-state index is 0.0289. The number of carbonyl (C=O) groups excluding carboxylic acids is 3. The van der Waals surface area contributed by atoms with Gasteiger partial charge in [0.1, 0.15) is 15.8 Å². The molecule has 1 heterocycles. The molecule has 10 heteroatoms. The van der Waals surface area contributed by atoms with Crippen LogP contribution in [0.4, 0.5) is 0 Å². The Balaban J connectivity index is 1.55. The number of thiocarbonyl (C=S) groups is 1. The zero-order valence-electron chi connectivity index (χ0n) is 16.5. The monoisotopic (exact) mass is 457 g/mol. The van der Waals surface area contributed by atoms with Gasteiger partial charge in [0.25, 0.3) is 11.8 Å². The molecule has 2 aromatic rings. The molecule has 2 aromatic carbocycles. The molecule has 1 saturated heterocycles. The van der Waals surface area contributed by atoms with Crippen molar-refractivity contribution < 1.29 is 24.2 Å². The molecule has 0 unspecified atom stereocenters. The Bertz CT molecular complexity index is 1070. The molecule has 0 spiro atoms. The first-order valence-electron chi connectivity index (χ1n) is 9.16. The van der Waals surface area contributed by atoms with Gasteiger partial charge in [-0.3, -0.25) is 30.1 Å². The molecular formula is C21H19N3O5S2. The van der Waals surface area contributed by atoms with E-state index < -0.39 is 11.8 Å². The lowest BCUT2D eigenvalue weighted by atomic mass is 10.2. The van der Waals surface area contributed by atoms with E-state index >= 15 is 0 Å². The highest BCUT2D eigenvalue weighted by Gasteiger charge is 2.32. The minimum atomic E-state index is -0.656. The average molecular weight is 458 g/mol. The van der Waals surface area contributed by atoms with Crippen molar-refractivity contribution in [3.05, 3.63) is 64.6 Å². The summed E-state index contributed by atoms with van der Waals surface area (Å²) in [5.74, 6) is -1.03. The zero-order chi connectivity index (χ0) is 22.4. The Morgan fingerprint density at radius 2 is 1.87 bits per heavy atom. The van der Waals surface area contributed by atoms with E-state index in [0.29, 0.717) is 15.0 Å². The van der Waals surface area contributed by atoms with Gasteiger partial charge in [-0.25, -0.2) is 0 Å². The van der Waals surface area contributed by atoms with E-state index in [1.807, 2.05) is 18.2 Å². The molecule has 1 fully saturated rings. The number of methoxy groups -OCH3 is 1. The fourth-order valence-electron chi connectivity index (χ4n) is 2.75. The van der Waals surface area contributed by atoms with Crippen molar-refractivity contribution in [3.63, 3.8) is 0 Å². The van der Waals surface area contributed by atoms with Crippen LogP contribution in [0.3, 0.4) is 0 Å². The number of thioether (sulfide) groups is 1. The van der Waals surface area contributed by atoms with Gasteiger partial charge < -0.3 is 9.84 Å². The molecule has 0 aromatic heterocycles. The predicted molar refractivity (Wildman–Crippen MR) is 121 cm³/mol. The Kier molecular flexibility index (Phi) is 7.27. The lowest BCUT2D eigenvalue weighted by molar-refractivity contribution is -0.124. The number of hydrogen-bond acceptors (Lipinski definition) is 7. The fourth-order valence-corrected chi connectivity index (χ4v) is 4.05. The first-order valence-corrected chi connectivity index (χ1v) is 10.4. The van der Waals surface area contributed by atoms with Gasteiger partial charge in [-0.05, 0) is 24.3 Å². The second-order valence-corrected chi connectivity index (χ2v) is 8.02. The third-order valence-electron chi connectivity index (χ3n) is 4.33. The molecule has 0 bridgehead atoms. The number of aromatic hydroxyl groups is 1. The second kappa shape index (κ2) is 10.1. The van der Waals surface area contributed by atoms with Crippen molar-refractivity contribution in [2.75, 3.05) is 13.7 Å². The van der Waals surface area contributed by atoms with Crippen LogP contribution in [0.5, 0.6) is 11.5 Å². The maximum absolute atomic E-state index is 12.7. The topological polar surface area (TPSA) is 108 Å². The summed E-state index contributed by atoms with van der Waals surface area (Å²) >= 11 is 6.42. The van der Waals surface area contributed by atoms with Crippen LogP contribution in [0.25, 0.3) is 6.08 Å². The van der Waals surface area contributed by atoms with Crippen LogP contribution < -0.4 is 15.6 Å². The standard InChI is InChI=1S/C21H19N3O5S2/c1-29-16-9-5-2-6-13(16)12-17-20(28)24(21(30)31-17)11-10-18(26)22-23-19(27)14-7-3-4-8-15(14)25/h2-9,12,25H,10-11H2,1H3,(H,22,26)(H,23,27)/b17-12+. The summed E-state index contributed by atoms with van der Waals surface area (Å²) in [4.78, 5) is 38.6. The molecule has 0 saturated carbocycles.